The minimum Gasteiger partial charge on any atom is -0.350 e. The second-order valence-corrected chi connectivity index (χ2v) is 8.70. The van der Waals surface area contributed by atoms with Crippen molar-refractivity contribution in [1.82, 2.24) is 15.4 Å². The van der Waals surface area contributed by atoms with E-state index in [1.807, 2.05) is 30.3 Å². The molecule has 9 nitrogen and oxygen atoms in total. The van der Waals surface area contributed by atoms with Gasteiger partial charge < -0.3 is 16.0 Å². The molecule has 0 saturated heterocycles. The Labute approximate surface area is 181 Å². The lowest BCUT2D eigenvalue weighted by Crippen LogP contribution is -2.51. The van der Waals surface area contributed by atoms with Gasteiger partial charge in [0, 0.05) is 19.2 Å². The molecule has 2 rings (SSSR count). The first kappa shape index (κ1) is 24.0. The molecule has 0 radical (unpaired) electrons. The lowest BCUT2D eigenvalue weighted by Gasteiger charge is -2.18. The lowest BCUT2D eigenvalue weighted by atomic mass is 10.2. The molecule has 166 valence electrons. The molecule has 0 aliphatic heterocycles. The van der Waals surface area contributed by atoms with Gasteiger partial charge in [0.05, 0.1) is 10.9 Å². The minimum atomic E-state index is -3.98. The Morgan fingerprint density at radius 3 is 2.06 bits per heavy atom. The summed E-state index contributed by atoms with van der Waals surface area (Å²) < 4.78 is 27.3. The van der Waals surface area contributed by atoms with E-state index in [4.69, 9.17) is 0 Å². The van der Waals surface area contributed by atoms with E-state index in [1.165, 1.54) is 45.0 Å². The number of nitrogens with one attached hydrogen (secondary N) is 4. The molecule has 0 aliphatic carbocycles. The summed E-state index contributed by atoms with van der Waals surface area (Å²) in [4.78, 5) is 35.5. The maximum atomic E-state index is 12.5. The third-order valence-electron chi connectivity index (χ3n) is 4.27. The van der Waals surface area contributed by atoms with Gasteiger partial charge in [-0.1, -0.05) is 30.3 Å². The molecule has 0 saturated carbocycles. The molecule has 31 heavy (non-hydrogen) atoms. The zero-order valence-corrected chi connectivity index (χ0v) is 18.3. The Morgan fingerprint density at radius 2 is 1.48 bits per heavy atom. The average Bonchev–Trinajstić information content (AvgIpc) is 2.72. The highest BCUT2D eigenvalue weighted by Gasteiger charge is 2.24. The van der Waals surface area contributed by atoms with Crippen molar-refractivity contribution in [2.24, 2.45) is 0 Å². The standard InChI is InChI=1S/C21H26N4O5S/c1-14(20(27)22-13-17-7-5-4-6-8-17)23-21(28)15(2)25-31(29,30)19-11-9-18(10-12-19)24-16(3)26/h4-12,14-15,25H,13H2,1-3H3,(H,22,27)(H,23,28)(H,24,26)/t14?,15-/m0/s1. The highest BCUT2D eigenvalue weighted by Crippen LogP contribution is 2.14. The van der Waals surface area contributed by atoms with E-state index in [0.29, 0.717) is 12.2 Å². The number of rotatable bonds is 9. The molecule has 1 unspecified atom stereocenters. The van der Waals surface area contributed by atoms with Gasteiger partial charge in [0.25, 0.3) is 0 Å². The summed E-state index contributed by atoms with van der Waals surface area (Å²) in [6.45, 7) is 4.55. The Bertz CT molecular complexity index is 1020. The molecule has 2 aromatic rings. The van der Waals surface area contributed by atoms with Gasteiger partial charge in [0.2, 0.25) is 27.7 Å². The summed E-state index contributed by atoms with van der Waals surface area (Å²) in [7, 11) is -3.98. The third-order valence-corrected chi connectivity index (χ3v) is 5.83. The third kappa shape index (κ3) is 7.50. The van der Waals surface area contributed by atoms with Crippen LogP contribution in [0.4, 0.5) is 5.69 Å². The van der Waals surface area contributed by atoms with Gasteiger partial charge >= 0.3 is 0 Å². The van der Waals surface area contributed by atoms with Crippen molar-refractivity contribution in [2.75, 3.05) is 5.32 Å². The number of carbonyl (C=O) groups is 3. The van der Waals surface area contributed by atoms with Crippen molar-refractivity contribution in [3.05, 3.63) is 60.2 Å². The second kappa shape index (κ2) is 10.7. The Morgan fingerprint density at radius 1 is 0.871 bits per heavy atom. The highest BCUT2D eigenvalue weighted by atomic mass is 32.2. The number of hydrogen-bond donors (Lipinski definition) is 4. The molecular weight excluding hydrogens is 420 g/mol. The van der Waals surface area contributed by atoms with Crippen LogP contribution >= 0.6 is 0 Å². The number of amides is 3. The number of benzene rings is 2. The van der Waals surface area contributed by atoms with Crippen LogP contribution < -0.4 is 20.7 Å². The first-order chi connectivity index (χ1) is 14.6. The predicted octanol–water partition coefficient (Wildman–Crippen LogP) is 1.13. The molecular formula is C21H26N4O5S. The minimum absolute atomic E-state index is 0.0603. The fourth-order valence-corrected chi connectivity index (χ4v) is 3.82. The first-order valence-corrected chi connectivity index (χ1v) is 11.1. The zero-order chi connectivity index (χ0) is 23.0. The van der Waals surface area contributed by atoms with Crippen LogP contribution in [0.15, 0.2) is 59.5 Å². The normalized spacial score (nSPS) is 13.0. The fourth-order valence-electron chi connectivity index (χ4n) is 2.62. The summed E-state index contributed by atoms with van der Waals surface area (Å²) in [6.07, 6.45) is 0. The molecule has 0 heterocycles. The number of carbonyl (C=O) groups excluding carboxylic acids is 3. The Balaban J connectivity index is 1.89. The molecule has 2 aromatic carbocycles. The van der Waals surface area contributed by atoms with Crippen molar-refractivity contribution in [1.29, 1.82) is 0 Å². The quantitative estimate of drug-likeness (QED) is 0.458. The molecule has 0 aromatic heterocycles. The lowest BCUT2D eigenvalue weighted by molar-refractivity contribution is -0.129. The van der Waals surface area contributed by atoms with Crippen molar-refractivity contribution < 1.29 is 22.8 Å². The summed E-state index contributed by atoms with van der Waals surface area (Å²) in [5.74, 6) is -1.30. The SMILES string of the molecule is CC(=O)Nc1ccc(S(=O)(=O)N[C@@H](C)C(=O)NC(C)C(=O)NCc2ccccc2)cc1. The van der Waals surface area contributed by atoms with Crippen molar-refractivity contribution in [3.63, 3.8) is 0 Å². The molecule has 0 fully saturated rings. The van der Waals surface area contributed by atoms with E-state index in [1.54, 1.807) is 0 Å². The average molecular weight is 447 g/mol. The van der Waals surface area contributed by atoms with Gasteiger partial charge in [0.1, 0.15) is 6.04 Å². The van der Waals surface area contributed by atoms with Gasteiger partial charge in [-0.2, -0.15) is 4.72 Å². The van der Waals surface area contributed by atoms with Crippen molar-refractivity contribution in [2.45, 2.75) is 44.3 Å². The van der Waals surface area contributed by atoms with Crippen LogP contribution in [0.2, 0.25) is 0 Å². The maximum Gasteiger partial charge on any atom is 0.242 e. The van der Waals surface area contributed by atoms with Crippen molar-refractivity contribution >= 4 is 33.4 Å². The molecule has 10 heteroatoms. The van der Waals surface area contributed by atoms with E-state index in [9.17, 15) is 22.8 Å². The summed E-state index contributed by atoms with van der Waals surface area (Å²) in [5.41, 5.74) is 1.37. The maximum absolute atomic E-state index is 12.5. The molecule has 4 N–H and O–H groups in total. The predicted molar refractivity (Wildman–Crippen MR) is 116 cm³/mol. The van der Waals surface area contributed by atoms with Crippen LogP contribution in [0.5, 0.6) is 0 Å². The molecule has 0 bridgehead atoms. The number of sulfonamides is 1. The van der Waals surface area contributed by atoms with Crippen LogP contribution in [0.25, 0.3) is 0 Å². The van der Waals surface area contributed by atoms with Crippen LogP contribution in [0.1, 0.15) is 26.3 Å². The van der Waals surface area contributed by atoms with Crippen LogP contribution in [0.3, 0.4) is 0 Å². The first-order valence-electron chi connectivity index (χ1n) is 9.60. The van der Waals surface area contributed by atoms with Crippen LogP contribution in [-0.4, -0.2) is 38.2 Å². The second-order valence-electron chi connectivity index (χ2n) is 6.98. The summed E-state index contributed by atoms with van der Waals surface area (Å²) >= 11 is 0. The topological polar surface area (TPSA) is 133 Å². The number of hydrogen-bond acceptors (Lipinski definition) is 5. The smallest absolute Gasteiger partial charge is 0.242 e. The van der Waals surface area contributed by atoms with Gasteiger partial charge in [-0.3, -0.25) is 14.4 Å². The monoisotopic (exact) mass is 446 g/mol. The zero-order valence-electron chi connectivity index (χ0n) is 17.5. The van der Waals surface area contributed by atoms with Gasteiger partial charge in [-0.25, -0.2) is 8.42 Å². The van der Waals surface area contributed by atoms with E-state index in [-0.39, 0.29) is 16.7 Å². The van der Waals surface area contributed by atoms with Crippen LogP contribution in [0, 0.1) is 0 Å². The fraction of sp³-hybridized carbons (Fsp3) is 0.286. The van der Waals surface area contributed by atoms with Crippen LogP contribution in [-0.2, 0) is 31.0 Å². The van der Waals surface area contributed by atoms with E-state index in [0.717, 1.165) is 5.56 Å². The van der Waals surface area contributed by atoms with E-state index in [2.05, 4.69) is 20.7 Å². The van der Waals surface area contributed by atoms with Crippen molar-refractivity contribution in [3.8, 4) is 0 Å². The molecule has 0 aliphatic rings. The summed E-state index contributed by atoms with van der Waals surface area (Å²) in [6, 6.07) is 12.9. The van der Waals surface area contributed by atoms with E-state index < -0.39 is 28.0 Å². The number of anilines is 1. The largest absolute Gasteiger partial charge is 0.350 e. The molecule has 0 spiro atoms. The Hall–Kier alpha value is -3.24. The molecule has 3 amide bonds. The molecule has 2 atom stereocenters. The highest BCUT2D eigenvalue weighted by molar-refractivity contribution is 7.89. The van der Waals surface area contributed by atoms with Gasteiger partial charge in [-0.15, -0.1) is 0 Å². The van der Waals surface area contributed by atoms with Gasteiger partial charge in [0.15, 0.2) is 0 Å². The van der Waals surface area contributed by atoms with E-state index >= 15 is 0 Å². The summed E-state index contributed by atoms with van der Waals surface area (Å²) in [5, 5.41) is 7.75. The Kier molecular flexibility index (Phi) is 8.29. The van der Waals surface area contributed by atoms with Gasteiger partial charge in [-0.05, 0) is 43.7 Å².